The van der Waals surface area contributed by atoms with E-state index < -0.39 is 0 Å². The highest BCUT2D eigenvalue weighted by atomic mass is 16.5. The Hall–Kier alpha value is -2.37. The van der Waals surface area contributed by atoms with Gasteiger partial charge in [-0.1, -0.05) is 12.1 Å². The Labute approximate surface area is 117 Å². The van der Waals surface area contributed by atoms with Gasteiger partial charge in [-0.3, -0.25) is 4.79 Å². The molecule has 0 atom stereocenters. The van der Waals surface area contributed by atoms with Crippen molar-refractivity contribution in [2.75, 3.05) is 11.9 Å². The van der Waals surface area contributed by atoms with Crippen LogP contribution in [-0.2, 0) is 13.0 Å². The van der Waals surface area contributed by atoms with E-state index in [4.69, 9.17) is 4.52 Å². The molecule has 2 aromatic heterocycles. The van der Waals surface area contributed by atoms with Gasteiger partial charge in [0, 0.05) is 23.9 Å². The van der Waals surface area contributed by atoms with Crippen molar-refractivity contribution >= 4 is 11.7 Å². The number of nitrogens with zero attached hydrogens (tertiary/aromatic N) is 2. The minimum absolute atomic E-state index is 0.149. The maximum atomic E-state index is 12.1. The first-order valence-corrected chi connectivity index (χ1v) is 6.65. The molecule has 6 heteroatoms. The predicted molar refractivity (Wildman–Crippen MR) is 75.5 cm³/mol. The van der Waals surface area contributed by atoms with E-state index in [1.165, 1.54) is 6.26 Å². The highest BCUT2D eigenvalue weighted by Crippen LogP contribution is 2.11. The fraction of sp³-hybridized carbons (Fsp3) is 0.357. The number of carbonyl (C=O) groups excluding carboxylic acids is 1. The van der Waals surface area contributed by atoms with Crippen LogP contribution in [0.5, 0.6) is 0 Å². The minimum atomic E-state index is -0.149. The number of hydrogen-bond acceptors (Lipinski definition) is 5. The molecule has 0 radical (unpaired) electrons. The molecule has 0 aliphatic rings. The predicted octanol–water partition coefficient (Wildman–Crippen LogP) is 1.99. The Bertz CT molecular complexity index is 567. The molecule has 0 unspecified atom stereocenters. The molecule has 1 amide bonds. The highest BCUT2D eigenvalue weighted by molar-refractivity contribution is 5.94. The van der Waals surface area contributed by atoms with Crippen LogP contribution in [0.1, 0.15) is 35.6 Å². The van der Waals surface area contributed by atoms with E-state index in [1.54, 1.807) is 18.2 Å². The number of aryl methyl sites for hydroxylation is 1. The van der Waals surface area contributed by atoms with Gasteiger partial charge in [-0.25, -0.2) is 4.98 Å². The maximum absolute atomic E-state index is 12.1. The summed E-state index contributed by atoms with van der Waals surface area (Å²) in [7, 11) is 0. The van der Waals surface area contributed by atoms with Gasteiger partial charge >= 0.3 is 0 Å². The molecule has 0 saturated carbocycles. The lowest BCUT2D eigenvalue weighted by Crippen LogP contribution is -2.23. The molecule has 0 saturated heterocycles. The molecule has 2 N–H and O–H groups in total. The van der Waals surface area contributed by atoms with Crippen LogP contribution in [0.3, 0.4) is 0 Å². The van der Waals surface area contributed by atoms with Crippen molar-refractivity contribution in [3.63, 3.8) is 0 Å². The van der Waals surface area contributed by atoms with Gasteiger partial charge in [0.05, 0.1) is 6.54 Å². The zero-order valence-electron chi connectivity index (χ0n) is 11.6. The Morgan fingerprint density at radius 3 is 2.80 bits per heavy atom. The molecular formula is C14H18N4O2. The molecule has 20 heavy (non-hydrogen) atoms. The molecule has 106 valence electrons. The lowest BCUT2D eigenvalue weighted by atomic mass is 10.2. The van der Waals surface area contributed by atoms with Crippen molar-refractivity contribution in [2.45, 2.75) is 26.8 Å². The fourth-order valence-corrected chi connectivity index (χ4v) is 1.77. The van der Waals surface area contributed by atoms with Crippen LogP contribution in [0.4, 0.5) is 5.82 Å². The standard InChI is InChI=1S/C14H18N4O2/c1-3-11-7-10(8-13(17-11)15-4-2)14(19)16-9-12-5-6-20-18-12/h5-8H,3-4,9H2,1-2H3,(H,15,17)(H,16,19). The number of rotatable bonds is 6. The van der Waals surface area contributed by atoms with E-state index in [0.29, 0.717) is 17.8 Å². The third-order valence-corrected chi connectivity index (χ3v) is 2.78. The Morgan fingerprint density at radius 2 is 2.15 bits per heavy atom. The van der Waals surface area contributed by atoms with Gasteiger partial charge in [0.2, 0.25) is 0 Å². The van der Waals surface area contributed by atoms with Crippen molar-refractivity contribution in [2.24, 2.45) is 0 Å². The van der Waals surface area contributed by atoms with Crippen molar-refractivity contribution < 1.29 is 9.32 Å². The first-order chi connectivity index (χ1) is 9.72. The topological polar surface area (TPSA) is 80.0 Å². The Morgan fingerprint density at radius 1 is 1.30 bits per heavy atom. The number of pyridine rings is 1. The SMILES string of the molecule is CCNc1cc(C(=O)NCc2ccon2)cc(CC)n1. The zero-order chi connectivity index (χ0) is 14.4. The summed E-state index contributed by atoms with van der Waals surface area (Å²) in [5.41, 5.74) is 2.17. The third kappa shape index (κ3) is 3.57. The quantitative estimate of drug-likeness (QED) is 0.842. The smallest absolute Gasteiger partial charge is 0.251 e. The molecule has 0 aliphatic heterocycles. The number of hydrogen-bond donors (Lipinski definition) is 2. The van der Waals surface area contributed by atoms with Gasteiger partial charge in [-0.2, -0.15) is 0 Å². The van der Waals surface area contributed by atoms with E-state index in [-0.39, 0.29) is 5.91 Å². The lowest BCUT2D eigenvalue weighted by Gasteiger charge is -2.09. The molecule has 6 nitrogen and oxygen atoms in total. The molecule has 2 aromatic rings. The fourth-order valence-electron chi connectivity index (χ4n) is 1.77. The van der Waals surface area contributed by atoms with Gasteiger partial charge in [0.1, 0.15) is 17.8 Å². The molecule has 0 spiro atoms. The average molecular weight is 274 g/mol. The van der Waals surface area contributed by atoms with E-state index in [9.17, 15) is 4.79 Å². The second-order valence-electron chi connectivity index (χ2n) is 4.29. The minimum Gasteiger partial charge on any atom is -0.370 e. The molecule has 2 rings (SSSR count). The molecule has 2 heterocycles. The van der Waals surface area contributed by atoms with Gasteiger partial charge in [-0.05, 0) is 25.5 Å². The first kappa shape index (κ1) is 14.0. The lowest BCUT2D eigenvalue weighted by molar-refractivity contribution is 0.0950. The summed E-state index contributed by atoms with van der Waals surface area (Å²) in [6.07, 6.45) is 2.26. The molecule has 0 aromatic carbocycles. The van der Waals surface area contributed by atoms with Crippen LogP contribution in [0, 0.1) is 0 Å². The summed E-state index contributed by atoms with van der Waals surface area (Å²) >= 11 is 0. The van der Waals surface area contributed by atoms with E-state index in [0.717, 1.165) is 24.5 Å². The van der Waals surface area contributed by atoms with Crippen LogP contribution in [0.2, 0.25) is 0 Å². The normalized spacial score (nSPS) is 10.3. The van der Waals surface area contributed by atoms with Crippen LogP contribution >= 0.6 is 0 Å². The van der Waals surface area contributed by atoms with Crippen LogP contribution in [0.15, 0.2) is 29.0 Å². The number of amides is 1. The summed E-state index contributed by atoms with van der Waals surface area (Å²) in [6, 6.07) is 5.27. The second-order valence-corrected chi connectivity index (χ2v) is 4.29. The van der Waals surface area contributed by atoms with E-state index in [1.807, 2.05) is 13.8 Å². The molecule has 0 fully saturated rings. The van der Waals surface area contributed by atoms with E-state index >= 15 is 0 Å². The number of aromatic nitrogens is 2. The van der Waals surface area contributed by atoms with Gasteiger partial charge in [0.15, 0.2) is 0 Å². The average Bonchev–Trinajstić information content (AvgIpc) is 2.98. The number of carbonyl (C=O) groups is 1. The van der Waals surface area contributed by atoms with Gasteiger partial charge in [-0.15, -0.1) is 0 Å². The Balaban J connectivity index is 2.09. The number of nitrogens with one attached hydrogen (secondary N) is 2. The molecular weight excluding hydrogens is 256 g/mol. The highest BCUT2D eigenvalue weighted by Gasteiger charge is 2.09. The van der Waals surface area contributed by atoms with Crippen molar-refractivity contribution in [3.05, 3.63) is 41.4 Å². The zero-order valence-corrected chi connectivity index (χ0v) is 11.6. The van der Waals surface area contributed by atoms with Crippen LogP contribution in [0.25, 0.3) is 0 Å². The summed E-state index contributed by atoms with van der Waals surface area (Å²) in [5, 5.41) is 9.68. The summed E-state index contributed by atoms with van der Waals surface area (Å²) in [4.78, 5) is 16.6. The van der Waals surface area contributed by atoms with Crippen LogP contribution in [-0.4, -0.2) is 22.6 Å². The number of anilines is 1. The Kier molecular flexibility index (Phi) is 4.70. The van der Waals surface area contributed by atoms with Crippen molar-refractivity contribution in [1.82, 2.24) is 15.5 Å². The second kappa shape index (κ2) is 6.70. The summed E-state index contributed by atoms with van der Waals surface area (Å²) in [6.45, 7) is 5.11. The molecule has 0 bridgehead atoms. The monoisotopic (exact) mass is 274 g/mol. The summed E-state index contributed by atoms with van der Waals surface area (Å²) in [5.74, 6) is 0.572. The van der Waals surface area contributed by atoms with Crippen molar-refractivity contribution in [1.29, 1.82) is 0 Å². The largest absolute Gasteiger partial charge is 0.370 e. The van der Waals surface area contributed by atoms with Gasteiger partial charge in [0.25, 0.3) is 5.91 Å². The van der Waals surface area contributed by atoms with Crippen molar-refractivity contribution in [3.8, 4) is 0 Å². The summed E-state index contributed by atoms with van der Waals surface area (Å²) < 4.78 is 4.72. The maximum Gasteiger partial charge on any atom is 0.251 e. The third-order valence-electron chi connectivity index (χ3n) is 2.78. The van der Waals surface area contributed by atoms with Crippen LogP contribution < -0.4 is 10.6 Å². The van der Waals surface area contributed by atoms with E-state index in [2.05, 4.69) is 20.8 Å². The molecule has 0 aliphatic carbocycles. The van der Waals surface area contributed by atoms with Gasteiger partial charge < -0.3 is 15.2 Å². The first-order valence-electron chi connectivity index (χ1n) is 6.65.